The lowest BCUT2D eigenvalue weighted by Gasteiger charge is -2.03. The third-order valence-electron chi connectivity index (χ3n) is 1.56. The summed E-state index contributed by atoms with van der Waals surface area (Å²) in [4.78, 5) is 0. The van der Waals surface area contributed by atoms with Crippen molar-refractivity contribution in [2.75, 3.05) is 13.1 Å². The minimum Gasteiger partial charge on any atom is -0.389 e. The van der Waals surface area contributed by atoms with E-state index in [2.05, 4.69) is 11.9 Å². The van der Waals surface area contributed by atoms with E-state index in [1.165, 1.54) is 19.3 Å². The van der Waals surface area contributed by atoms with Crippen LogP contribution in [0.1, 0.15) is 32.6 Å². The van der Waals surface area contributed by atoms with Crippen LogP contribution in [0.2, 0.25) is 0 Å². The monoisotopic (exact) mass is 156 g/mol. The molecule has 3 N–H and O–H groups in total. The van der Waals surface area contributed by atoms with E-state index in [1.54, 1.807) is 0 Å². The smallest absolute Gasteiger partial charge is 0.0143 e. The van der Waals surface area contributed by atoms with Gasteiger partial charge in [-0.05, 0) is 26.3 Å². The zero-order chi connectivity index (χ0) is 8.53. The molecule has 0 unspecified atom stereocenters. The number of nitrogens with two attached hydrogens (primary N) is 1. The Hall–Kier alpha value is -0.500. The number of unbranched alkanes of at least 4 members (excludes halogenated alkanes) is 3. The van der Waals surface area contributed by atoms with Gasteiger partial charge >= 0.3 is 0 Å². The third-order valence-corrected chi connectivity index (χ3v) is 1.56. The summed E-state index contributed by atoms with van der Waals surface area (Å²) in [5, 5.41) is 3.20. The van der Waals surface area contributed by atoms with E-state index >= 15 is 0 Å². The lowest BCUT2D eigenvalue weighted by Crippen LogP contribution is -2.11. The molecule has 0 amide bonds. The number of allylic oxidation sites excluding steroid dienone is 1. The summed E-state index contributed by atoms with van der Waals surface area (Å²) >= 11 is 0. The molecular formula is C9H20N2. The molecule has 0 radical (unpaired) electrons. The molecule has 0 heterocycles. The minimum atomic E-state index is 0.827. The van der Waals surface area contributed by atoms with Crippen molar-refractivity contribution in [2.45, 2.75) is 32.6 Å². The Morgan fingerprint density at radius 3 is 2.45 bits per heavy atom. The predicted molar refractivity (Wildman–Crippen MR) is 50.3 cm³/mol. The molecule has 0 spiro atoms. The lowest BCUT2D eigenvalue weighted by molar-refractivity contribution is 0.622. The Balaban J connectivity index is 2.85. The molecule has 0 saturated carbocycles. The Morgan fingerprint density at radius 1 is 1.27 bits per heavy atom. The first-order valence-corrected chi connectivity index (χ1v) is 4.37. The van der Waals surface area contributed by atoms with Gasteiger partial charge in [0.15, 0.2) is 0 Å². The van der Waals surface area contributed by atoms with Gasteiger partial charge in [0.05, 0.1) is 0 Å². The van der Waals surface area contributed by atoms with E-state index in [0.717, 1.165) is 25.2 Å². The second-order valence-corrected chi connectivity index (χ2v) is 2.91. The molecule has 0 saturated heterocycles. The number of hydrogen-bond acceptors (Lipinski definition) is 2. The topological polar surface area (TPSA) is 38.0 Å². The first-order valence-electron chi connectivity index (χ1n) is 4.37. The summed E-state index contributed by atoms with van der Waals surface area (Å²) in [5.74, 6) is 0. The van der Waals surface area contributed by atoms with Crippen LogP contribution < -0.4 is 11.1 Å². The van der Waals surface area contributed by atoms with E-state index in [4.69, 9.17) is 5.73 Å². The van der Waals surface area contributed by atoms with E-state index in [1.807, 2.05) is 6.92 Å². The molecule has 0 aliphatic rings. The Bertz CT molecular complexity index is 99.7. The summed E-state index contributed by atoms with van der Waals surface area (Å²) in [7, 11) is 0. The molecule has 0 fully saturated rings. The van der Waals surface area contributed by atoms with Crippen molar-refractivity contribution in [3.05, 3.63) is 12.3 Å². The lowest BCUT2D eigenvalue weighted by atomic mass is 10.2. The van der Waals surface area contributed by atoms with Crippen LogP contribution in [-0.4, -0.2) is 13.1 Å². The number of nitrogens with one attached hydrogen (secondary N) is 1. The molecule has 0 aliphatic heterocycles. The largest absolute Gasteiger partial charge is 0.389 e. The van der Waals surface area contributed by atoms with Gasteiger partial charge in [-0.15, -0.1) is 0 Å². The highest BCUT2D eigenvalue weighted by Gasteiger charge is 1.87. The number of rotatable bonds is 7. The SMILES string of the molecule is C=C(C)NCCCCCCN. The van der Waals surface area contributed by atoms with Crippen LogP contribution in [0, 0.1) is 0 Å². The molecule has 2 heteroatoms. The summed E-state index contributed by atoms with van der Waals surface area (Å²) in [6, 6.07) is 0. The van der Waals surface area contributed by atoms with Gasteiger partial charge in [-0.25, -0.2) is 0 Å². The molecule has 0 aliphatic carbocycles. The zero-order valence-electron chi connectivity index (χ0n) is 7.53. The summed E-state index contributed by atoms with van der Waals surface area (Å²) in [6.45, 7) is 7.63. The molecule has 2 nitrogen and oxygen atoms in total. The maximum Gasteiger partial charge on any atom is 0.0143 e. The van der Waals surface area contributed by atoms with Crippen molar-refractivity contribution in [3.8, 4) is 0 Å². The van der Waals surface area contributed by atoms with Crippen molar-refractivity contribution in [1.29, 1.82) is 0 Å². The number of hydrogen-bond donors (Lipinski definition) is 2. The average molecular weight is 156 g/mol. The molecular weight excluding hydrogens is 136 g/mol. The molecule has 0 bridgehead atoms. The van der Waals surface area contributed by atoms with Crippen molar-refractivity contribution >= 4 is 0 Å². The van der Waals surface area contributed by atoms with Crippen molar-refractivity contribution in [2.24, 2.45) is 5.73 Å². The zero-order valence-corrected chi connectivity index (χ0v) is 7.53. The summed E-state index contributed by atoms with van der Waals surface area (Å²) in [6.07, 6.45) is 4.92. The van der Waals surface area contributed by atoms with Crippen LogP contribution in [0.4, 0.5) is 0 Å². The fourth-order valence-electron chi connectivity index (χ4n) is 0.925. The average Bonchev–Trinajstić information content (AvgIpc) is 1.96. The van der Waals surface area contributed by atoms with Gasteiger partial charge < -0.3 is 11.1 Å². The third kappa shape index (κ3) is 9.50. The normalized spacial score (nSPS) is 9.64. The van der Waals surface area contributed by atoms with Gasteiger partial charge in [0, 0.05) is 12.2 Å². The van der Waals surface area contributed by atoms with Crippen LogP contribution >= 0.6 is 0 Å². The summed E-state index contributed by atoms with van der Waals surface area (Å²) < 4.78 is 0. The highest BCUT2D eigenvalue weighted by Crippen LogP contribution is 1.97. The Kier molecular flexibility index (Phi) is 7.26. The van der Waals surface area contributed by atoms with Gasteiger partial charge in [0.2, 0.25) is 0 Å². The van der Waals surface area contributed by atoms with Crippen LogP contribution in [-0.2, 0) is 0 Å². The van der Waals surface area contributed by atoms with Crippen molar-refractivity contribution < 1.29 is 0 Å². The Morgan fingerprint density at radius 2 is 1.91 bits per heavy atom. The van der Waals surface area contributed by atoms with Crippen LogP contribution in [0.15, 0.2) is 12.3 Å². The molecule has 0 aromatic carbocycles. The second-order valence-electron chi connectivity index (χ2n) is 2.91. The van der Waals surface area contributed by atoms with Crippen molar-refractivity contribution in [1.82, 2.24) is 5.32 Å². The van der Waals surface area contributed by atoms with E-state index < -0.39 is 0 Å². The van der Waals surface area contributed by atoms with Crippen LogP contribution in [0.25, 0.3) is 0 Å². The molecule has 0 aromatic rings. The summed E-state index contributed by atoms with van der Waals surface area (Å²) in [5.41, 5.74) is 6.42. The predicted octanol–water partition coefficient (Wildman–Crippen LogP) is 1.63. The molecule has 0 aromatic heterocycles. The van der Waals surface area contributed by atoms with Gasteiger partial charge in [-0.3, -0.25) is 0 Å². The fraction of sp³-hybridized carbons (Fsp3) is 0.778. The molecule has 0 rings (SSSR count). The highest BCUT2D eigenvalue weighted by atomic mass is 14.9. The minimum absolute atomic E-state index is 0.827. The first kappa shape index (κ1) is 10.5. The maximum absolute atomic E-state index is 5.36. The van der Waals surface area contributed by atoms with Gasteiger partial charge in [0.25, 0.3) is 0 Å². The van der Waals surface area contributed by atoms with Gasteiger partial charge in [-0.1, -0.05) is 19.4 Å². The standard InChI is InChI=1S/C9H20N2/c1-9(2)11-8-6-4-3-5-7-10/h11H,1,3-8,10H2,2H3. The van der Waals surface area contributed by atoms with Crippen LogP contribution in [0.5, 0.6) is 0 Å². The fourth-order valence-corrected chi connectivity index (χ4v) is 0.925. The van der Waals surface area contributed by atoms with Gasteiger partial charge in [-0.2, -0.15) is 0 Å². The van der Waals surface area contributed by atoms with Crippen molar-refractivity contribution in [3.63, 3.8) is 0 Å². The van der Waals surface area contributed by atoms with Crippen LogP contribution in [0.3, 0.4) is 0 Å². The Labute approximate surface area is 69.9 Å². The molecule has 11 heavy (non-hydrogen) atoms. The maximum atomic E-state index is 5.36. The first-order chi connectivity index (χ1) is 5.27. The second kappa shape index (κ2) is 7.61. The van der Waals surface area contributed by atoms with E-state index in [-0.39, 0.29) is 0 Å². The quantitative estimate of drug-likeness (QED) is 0.550. The highest BCUT2D eigenvalue weighted by molar-refractivity contribution is 4.83. The van der Waals surface area contributed by atoms with E-state index in [9.17, 15) is 0 Å². The molecule has 66 valence electrons. The molecule has 0 atom stereocenters. The van der Waals surface area contributed by atoms with E-state index in [0.29, 0.717) is 0 Å². The van der Waals surface area contributed by atoms with Gasteiger partial charge in [0.1, 0.15) is 0 Å².